The maximum atomic E-state index is 13.1. The first-order valence-electron chi connectivity index (χ1n) is 6.42. The predicted octanol–water partition coefficient (Wildman–Crippen LogP) is 3.30. The van der Waals surface area contributed by atoms with Crippen molar-refractivity contribution in [2.24, 2.45) is 5.92 Å². The molecule has 1 aliphatic heterocycles. The van der Waals surface area contributed by atoms with Gasteiger partial charge in [0.25, 0.3) is 0 Å². The van der Waals surface area contributed by atoms with Crippen LogP contribution in [0.5, 0.6) is 0 Å². The van der Waals surface area contributed by atoms with Crippen LogP contribution in [0.4, 0.5) is 23.7 Å². The van der Waals surface area contributed by atoms with E-state index in [1.165, 1.54) is 25.1 Å². The van der Waals surface area contributed by atoms with Crippen molar-refractivity contribution in [3.8, 4) is 6.07 Å². The number of nitrogens with zero attached hydrogens (tertiary/aromatic N) is 2. The zero-order valence-corrected chi connectivity index (χ0v) is 12.4. The van der Waals surface area contributed by atoms with Crippen LogP contribution in [0, 0.1) is 17.2 Å². The lowest BCUT2D eigenvalue weighted by molar-refractivity contribution is -0.180. The fraction of sp³-hybridized carbons (Fsp3) is 0.357. The molecule has 3 atom stereocenters. The minimum atomic E-state index is -4.83. The molecule has 1 aliphatic rings. The number of carbonyl (C=O) groups excluding carboxylic acids is 2. The molecule has 0 N–H and O–H groups in total. The number of ether oxygens (including phenoxy) is 1. The van der Waals surface area contributed by atoms with Crippen LogP contribution in [0.3, 0.4) is 0 Å². The van der Waals surface area contributed by atoms with Crippen molar-refractivity contribution in [3.63, 3.8) is 0 Å². The number of hydrogen-bond acceptors (Lipinski definition) is 4. The van der Waals surface area contributed by atoms with Crippen LogP contribution in [0.25, 0.3) is 0 Å². The maximum Gasteiger partial charge on any atom is 0.415 e. The van der Waals surface area contributed by atoms with E-state index in [0.717, 1.165) is 4.90 Å². The van der Waals surface area contributed by atoms with Gasteiger partial charge in [0.15, 0.2) is 0 Å². The molecule has 1 fully saturated rings. The summed E-state index contributed by atoms with van der Waals surface area (Å²) in [5.74, 6) is -2.40. The minimum absolute atomic E-state index is 0.0180. The van der Waals surface area contributed by atoms with Gasteiger partial charge in [-0.05, 0) is 25.1 Å². The van der Waals surface area contributed by atoms with E-state index < -0.39 is 30.3 Å². The first-order chi connectivity index (χ1) is 10.7. The molecule has 0 bridgehead atoms. The van der Waals surface area contributed by atoms with Gasteiger partial charge in [0, 0.05) is 5.69 Å². The van der Waals surface area contributed by atoms with Gasteiger partial charge in [0.1, 0.15) is 24.4 Å². The van der Waals surface area contributed by atoms with E-state index in [2.05, 4.69) is 0 Å². The summed E-state index contributed by atoms with van der Waals surface area (Å²) < 4.78 is 44.0. The van der Waals surface area contributed by atoms with E-state index in [1.54, 1.807) is 6.07 Å². The normalized spacial score (nSPS) is 22.4. The fourth-order valence-corrected chi connectivity index (χ4v) is 2.66. The Bertz CT molecular complexity index is 687. The van der Waals surface area contributed by atoms with Gasteiger partial charge in [0.05, 0.1) is 16.6 Å². The summed E-state index contributed by atoms with van der Waals surface area (Å²) in [6.45, 7) is 1.27. The lowest BCUT2D eigenvalue weighted by Gasteiger charge is -2.29. The number of anilines is 1. The van der Waals surface area contributed by atoms with Crippen LogP contribution in [0.15, 0.2) is 18.2 Å². The highest BCUT2D eigenvalue weighted by Crippen LogP contribution is 2.38. The van der Waals surface area contributed by atoms with Gasteiger partial charge in [-0.25, -0.2) is 4.79 Å². The second kappa shape index (κ2) is 6.08. The van der Waals surface area contributed by atoms with Crippen LogP contribution in [0.2, 0.25) is 5.02 Å². The lowest BCUT2D eigenvalue weighted by atomic mass is 9.95. The number of amides is 1. The Morgan fingerprint density at radius 1 is 1.48 bits per heavy atom. The van der Waals surface area contributed by atoms with Crippen LogP contribution in [-0.4, -0.2) is 30.7 Å². The molecule has 0 spiro atoms. The Hall–Kier alpha value is -2.27. The molecule has 1 amide bonds. The number of halogens is 4. The molecule has 9 heteroatoms. The second-order valence-electron chi connectivity index (χ2n) is 4.93. The molecule has 5 nitrogen and oxygen atoms in total. The van der Waals surface area contributed by atoms with Crippen molar-refractivity contribution in [1.82, 2.24) is 0 Å². The molecule has 1 saturated heterocycles. The molecule has 23 heavy (non-hydrogen) atoms. The molecule has 0 aliphatic carbocycles. The average Bonchev–Trinajstić information content (AvgIpc) is 2.73. The summed E-state index contributed by atoms with van der Waals surface area (Å²) in [5.41, 5.74) is 0.125. The molecular formula is C14H10ClF3N2O3. The van der Waals surface area contributed by atoms with Gasteiger partial charge >= 0.3 is 12.3 Å². The molecule has 0 radical (unpaired) electrons. The SMILES string of the molecule is C[C@@H]1OC(=O)N(c2ccc(C#N)c(Cl)c2)[C@H]1[C@H](C=O)C(F)(F)F. The second-order valence-corrected chi connectivity index (χ2v) is 5.34. The highest BCUT2D eigenvalue weighted by molar-refractivity contribution is 6.32. The van der Waals surface area contributed by atoms with Crippen molar-refractivity contribution >= 4 is 29.7 Å². The van der Waals surface area contributed by atoms with E-state index in [9.17, 15) is 22.8 Å². The Balaban J connectivity index is 2.49. The van der Waals surface area contributed by atoms with Crippen molar-refractivity contribution in [2.75, 3.05) is 4.90 Å². The number of carbonyl (C=O) groups is 2. The van der Waals surface area contributed by atoms with Crippen molar-refractivity contribution in [3.05, 3.63) is 28.8 Å². The molecule has 0 unspecified atom stereocenters. The van der Waals surface area contributed by atoms with Crippen LogP contribution in [-0.2, 0) is 9.53 Å². The van der Waals surface area contributed by atoms with Crippen LogP contribution in [0.1, 0.15) is 12.5 Å². The van der Waals surface area contributed by atoms with E-state index in [4.69, 9.17) is 21.6 Å². The molecular weight excluding hydrogens is 337 g/mol. The molecule has 0 saturated carbocycles. The van der Waals surface area contributed by atoms with E-state index in [1.807, 2.05) is 0 Å². The first-order valence-corrected chi connectivity index (χ1v) is 6.80. The first kappa shape index (κ1) is 17.1. The summed E-state index contributed by atoms with van der Waals surface area (Å²) in [6.07, 6.45) is -7.24. The van der Waals surface area contributed by atoms with Gasteiger partial charge < -0.3 is 9.53 Å². The van der Waals surface area contributed by atoms with Crippen molar-refractivity contribution in [2.45, 2.75) is 25.2 Å². The number of rotatable bonds is 3. The number of benzene rings is 1. The number of alkyl halides is 3. The lowest BCUT2D eigenvalue weighted by Crippen LogP contribution is -2.48. The summed E-state index contributed by atoms with van der Waals surface area (Å²) in [6, 6.07) is 3.98. The van der Waals surface area contributed by atoms with Crippen molar-refractivity contribution in [1.29, 1.82) is 5.26 Å². The monoisotopic (exact) mass is 346 g/mol. The summed E-state index contributed by atoms with van der Waals surface area (Å²) >= 11 is 5.85. The fourth-order valence-electron chi connectivity index (χ4n) is 2.44. The highest BCUT2D eigenvalue weighted by Gasteiger charge is 2.54. The molecule has 1 heterocycles. The van der Waals surface area contributed by atoms with Crippen LogP contribution >= 0.6 is 11.6 Å². The number of cyclic esters (lactones) is 1. The summed E-state index contributed by atoms with van der Waals surface area (Å²) in [5, 5.41) is 8.80. The zero-order chi connectivity index (χ0) is 17.4. The topological polar surface area (TPSA) is 70.4 Å². The smallest absolute Gasteiger partial charge is 0.415 e. The molecule has 2 rings (SSSR count). The van der Waals surface area contributed by atoms with E-state index >= 15 is 0 Å². The standard InChI is InChI=1S/C14H10ClF3N2O3/c1-7-12(10(6-21)14(16,17)18)20(13(22)23-7)9-3-2-8(5-19)11(15)4-9/h2-4,6-7,10,12H,1H3/t7-,10-,12+/m0/s1. The average molecular weight is 347 g/mol. The summed E-state index contributed by atoms with van der Waals surface area (Å²) in [4.78, 5) is 23.6. The largest absolute Gasteiger partial charge is 0.444 e. The highest BCUT2D eigenvalue weighted by atomic mass is 35.5. The molecule has 1 aromatic carbocycles. The maximum absolute atomic E-state index is 13.1. The molecule has 1 aromatic rings. The third kappa shape index (κ3) is 3.10. The van der Waals surface area contributed by atoms with E-state index in [-0.39, 0.29) is 22.6 Å². The number of hydrogen-bond donors (Lipinski definition) is 0. The van der Waals surface area contributed by atoms with Crippen LogP contribution < -0.4 is 4.90 Å². The minimum Gasteiger partial charge on any atom is -0.444 e. The predicted molar refractivity (Wildman–Crippen MR) is 74.0 cm³/mol. The Kier molecular flexibility index (Phi) is 4.52. The number of nitriles is 1. The Labute approximate surface area is 134 Å². The third-order valence-corrected chi connectivity index (χ3v) is 3.82. The quantitative estimate of drug-likeness (QED) is 0.787. The van der Waals surface area contributed by atoms with Gasteiger partial charge in [-0.15, -0.1) is 0 Å². The van der Waals surface area contributed by atoms with Gasteiger partial charge in [-0.1, -0.05) is 11.6 Å². The molecule has 122 valence electrons. The summed E-state index contributed by atoms with van der Waals surface area (Å²) in [7, 11) is 0. The Morgan fingerprint density at radius 2 is 2.13 bits per heavy atom. The van der Waals surface area contributed by atoms with Gasteiger partial charge in [-0.3, -0.25) is 4.90 Å². The Morgan fingerprint density at radius 3 is 2.61 bits per heavy atom. The van der Waals surface area contributed by atoms with Gasteiger partial charge in [-0.2, -0.15) is 18.4 Å². The van der Waals surface area contributed by atoms with Crippen molar-refractivity contribution < 1.29 is 27.5 Å². The number of aldehydes is 1. The zero-order valence-electron chi connectivity index (χ0n) is 11.7. The molecule has 0 aromatic heterocycles. The third-order valence-electron chi connectivity index (χ3n) is 3.51. The van der Waals surface area contributed by atoms with Gasteiger partial charge in [0.2, 0.25) is 0 Å². The van der Waals surface area contributed by atoms with E-state index in [0.29, 0.717) is 0 Å².